The largest absolute Gasteiger partial charge is 0.496 e. The number of nitrogens with zero attached hydrogens (tertiary/aromatic N) is 1. The highest BCUT2D eigenvalue weighted by Crippen LogP contribution is 2.40. The standard InChI is InChI=1S/C23H37NO2/c1-5-13-24(16-18-9-7-6-8-10-18)21-15-20-19(14-17(21)2)22(25-3)11-12-23(20)26-4/h11-12,17-18,21H,5-10,13-16H2,1-4H3. The summed E-state index contributed by atoms with van der Waals surface area (Å²) in [7, 11) is 3.58. The minimum absolute atomic E-state index is 0.616. The number of hydrogen-bond acceptors (Lipinski definition) is 3. The highest BCUT2D eigenvalue weighted by molar-refractivity contribution is 5.50. The van der Waals surface area contributed by atoms with Gasteiger partial charge in [-0.3, -0.25) is 4.90 Å². The van der Waals surface area contributed by atoms with Crippen LogP contribution in [0.5, 0.6) is 11.5 Å². The van der Waals surface area contributed by atoms with E-state index in [1.165, 1.54) is 62.7 Å². The lowest BCUT2D eigenvalue weighted by molar-refractivity contribution is 0.106. The normalized spacial score (nSPS) is 23.7. The van der Waals surface area contributed by atoms with Gasteiger partial charge < -0.3 is 9.47 Å². The fraction of sp³-hybridized carbons (Fsp3) is 0.739. The van der Waals surface area contributed by atoms with Crippen molar-refractivity contribution in [1.82, 2.24) is 4.90 Å². The van der Waals surface area contributed by atoms with Gasteiger partial charge in [0.1, 0.15) is 11.5 Å². The van der Waals surface area contributed by atoms with Gasteiger partial charge in [0.15, 0.2) is 0 Å². The number of fused-ring (bicyclic) bond motifs is 1. The van der Waals surface area contributed by atoms with Gasteiger partial charge in [-0.15, -0.1) is 0 Å². The third kappa shape index (κ3) is 4.19. The molecule has 0 aromatic heterocycles. The molecule has 1 fully saturated rings. The molecule has 0 N–H and O–H groups in total. The highest BCUT2D eigenvalue weighted by atomic mass is 16.5. The van der Waals surface area contributed by atoms with Gasteiger partial charge in [0.25, 0.3) is 0 Å². The molecule has 0 spiro atoms. The number of hydrogen-bond donors (Lipinski definition) is 0. The predicted molar refractivity (Wildman–Crippen MR) is 108 cm³/mol. The number of ether oxygens (including phenoxy) is 2. The molecule has 0 amide bonds. The monoisotopic (exact) mass is 359 g/mol. The van der Waals surface area contributed by atoms with E-state index in [4.69, 9.17) is 9.47 Å². The SMILES string of the molecule is CCCN(CC1CCCCC1)C1Cc2c(OC)ccc(OC)c2CC1C. The lowest BCUT2D eigenvalue weighted by atomic mass is 9.78. The van der Waals surface area contributed by atoms with Crippen LogP contribution in [-0.4, -0.2) is 38.3 Å². The van der Waals surface area contributed by atoms with E-state index in [0.717, 1.165) is 30.3 Å². The molecular weight excluding hydrogens is 322 g/mol. The van der Waals surface area contributed by atoms with Crippen LogP contribution in [0.2, 0.25) is 0 Å². The zero-order valence-corrected chi connectivity index (χ0v) is 17.2. The Labute approximate surface area is 160 Å². The maximum absolute atomic E-state index is 5.71. The van der Waals surface area contributed by atoms with E-state index in [2.05, 4.69) is 30.9 Å². The lowest BCUT2D eigenvalue weighted by Crippen LogP contribution is -2.47. The van der Waals surface area contributed by atoms with Gasteiger partial charge in [0.05, 0.1) is 14.2 Å². The van der Waals surface area contributed by atoms with Crippen LogP contribution >= 0.6 is 0 Å². The van der Waals surface area contributed by atoms with Crippen molar-refractivity contribution in [2.45, 2.75) is 71.3 Å². The fourth-order valence-corrected chi connectivity index (χ4v) is 5.22. The summed E-state index contributed by atoms with van der Waals surface area (Å²) in [5.74, 6) is 3.61. The summed E-state index contributed by atoms with van der Waals surface area (Å²) in [6, 6.07) is 4.76. The van der Waals surface area contributed by atoms with Gasteiger partial charge in [-0.05, 0) is 62.6 Å². The van der Waals surface area contributed by atoms with Crippen molar-refractivity contribution in [2.24, 2.45) is 11.8 Å². The molecule has 1 aromatic carbocycles. The average molecular weight is 360 g/mol. The van der Waals surface area contributed by atoms with Crippen LogP contribution in [0.4, 0.5) is 0 Å². The van der Waals surface area contributed by atoms with Crippen molar-refractivity contribution in [3.63, 3.8) is 0 Å². The molecule has 2 atom stereocenters. The minimum atomic E-state index is 0.616. The molecule has 2 aliphatic carbocycles. The average Bonchev–Trinajstić information content (AvgIpc) is 2.67. The summed E-state index contributed by atoms with van der Waals surface area (Å²) < 4.78 is 11.4. The first kappa shape index (κ1) is 19.5. The van der Waals surface area contributed by atoms with Crippen molar-refractivity contribution in [3.05, 3.63) is 23.3 Å². The van der Waals surface area contributed by atoms with E-state index in [0.29, 0.717) is 12.0 Å². The van der Waals surface area contributed by atoms with Crippen molar-refractivity contribution in [1.29, 1.82) is 0 Å². The Hall–Kier alpha value is -1.22. The molecular formula is C23H37NO2. The van der Waals surface area contributed by atoms with E-state index >= 15 is 0 Å². The van der Waals surface area contributed by atoms with E-state index in [9.17, 15) is 0 Å². The molecule has 1 aromatic rings. The molecule has 0 bridgehead atoms. The van der Waals surface area contributed by atoms with Crippen molar-refractivity contribution < 1.29 is 9.47 Å². The van der Waals surface area contributed by atoms with Crippen LogP contribution in [0.15, 0.2) is 12.1 Å². The first-order valence-corrected chi connectivity index (χ1v) is 10.6. The number of benzene rings is 1. The molecule has 1 saturated carbocycles. The quantitative estimate of drug-likeness (QED) is 0.676. The maximum atomic E-state index is 5.71. The molecule has 3 heteroatoms. The molecule has 2 unspecified atom stereocenters. The van der Waals surface area contributed by atoms with Crippen LogP contribution < -0.4 is 9.47 Å². The summed E-state index contributed by atoms with van der Waals surface area (Å²) in [6.45, 7) is 7.24. The fourth-order valence-electron chi connectivity index (χ4n) is 5.22. The summed E-state index contributed by atoms with van der Waals surface area (Å²) in [6.07, 6.45) is 10.6. The Morgan fingerprint density at radius 2 is 1.58 bits per heavy atom. The second-order valence-electron chi connectivity index (χ2n) is 8.38. The molecule has 0 heterocycles. The molecule has 0 saturated heterocycles. The first-order chi connectivity index (χ1) is 12.7. The van der Waals surface area contributed by atoms with Crippen LogP contribution in [0.3, 0.4) is 0 Å². The molecule has 3 rings (SSSR count). The molecule has 26 heavy (non-hydrogen) atoms. The van der Waals surface area contributed by atoms with Crippen molar-refractivity contribution >= 4 is 0 Å². The van der Waals surface area contributed by atoms with E-state index in [1.54, 1.807) is 14.2 Å². The molecule has 3 nitrogen and oxygen atoms in total. The Balaban J connectivity index is 1.82. The molecule has 0 aliphatic heterocycles. The summed E-state index contributed by atoms with van der Waals surface area (Å²) in [5, 5.41) is 0. The zero-order valence-electron chi connectivity index (χ0n) is 17.2. The lowest BCUT2D eigenvalue weighted by Gasteiger charge is -2.42. The Kier molecular flexibility index (Phi) is 6.86. The number of rotatable bonds is 7. The number of methoxy groups -OCH3 is 2. The van der Waals surface area contributed by atoms with Gasteiger partial charge in [-0.1, -0.05) is 33.1 Å². The van der Waals surface area contributed by atoms with E-state index in [-0.39, 0.29) is 0 Å². The minimum Gasteiger partial charge on any atom is -0.496 e. The van der Waals surface area contributed by atoms with E-state index < -0.39 is 0 Å². The topological polar surface area (TPSA) is 21.7 Å². The maximum Gasteiger partial charge on any atom is 0.122 e. The van der Waals surface area contributed by atoms with Gasteiger partial charge in [0, 0.05) is 23.7 Å². The Bertz CT molecular complexity index is 580. The third-order valence-corrected chi connectivity index (χ3v) is 6.58. The van der Waals surface area contributed by atoms with Crippen LogP contribution in [-0.2, 0) is 12.8 Å². The highest BCUT2D eigenvalue weighted by Gasteiger charge is 2.34. The second kappa shape index (κ2) is 9.12. The Morgan fingerprint density at radius 1 is 0.962 bits per heavy atom. The predicted octanol–water partition coefficient (Wildman–Crippen LogP) is 5.10. The first-order valence-electron chi connectivity index (χ1n) is 10.6. The van der Waals surface area contributed by atoms with Crippen LogP contribution in [0.1, 0.15) is 63.5 Å². The zero-order chi connectivity index (χ0) is 18.5. The summed E-state index contributed by atoms with van der Waals surface area (Å²) in [4.78, 5) is 2.81. The van der Waals surface area contributed by atoms with Gasteiger partial charge in [-0.25, -0.2) is 0 Å². The van der Waals surface area contributed by atoms with E-state index in [1.807, 2.05) is 0 Å². The van der Waals surface area contributed by atoms with Crippen LogP contribution in [0, 0.1) is 11.8 Å². The molecule has 146 valence electrons. The van der Waals surface area contributed by atoms with Gasteiger partial charge >= 0.3 is 0 Å². The smallest absolute Gasteiger partial charge is 0.122 e. The molecule has 2 aliphatic rings. The second-order valence-corrected chi connectivity index (χ2v) is 8.38. The Morgan fingerprint density at radius 3 is 2.15 bits per heavy atom. The summed E-state index contributed by atoms with van der Waals surface area (Å²) >= 11 is 0. The third-order valence-electron chi connectivity index (χ3n) is 6.58. The van der Waals surface area contributed by atoms with Crippen molar-refractivity contribution in [3.8, 4) is 11.5 Å². The van der Waals surface area contributed by atoms with Gasteiger partial charge in [0.2, 0.25) is 0 Å². The van der Waals surface area contributed by atoms with Crippen molar-refractivity contribution in [2.75, 3.05) is 27.3 Å². The molecule has 0 radical (unpaired) electrons. The van der Waals surface area contributed by atoms with Crippen LogP contribution in [0.25, 0.3) is 0 Å². The summed E-state index contributed by atoms with van der Waals surface area (Å²) in [5.41, 5.74) is 2.74. The van der Waals surface area contributed by atoms with Gasteiger partial charge in [-0.2, -0.15) is 0 Å².